The van der Waals surface area contributed by atoms with E-state index < -0.39 is 18.0 Å². The summed E-state index contributed by atoms with van der Waals surface area (Å²) in [5.74, 6) is -0.747. The molecule has 1 rings (SSSR count). The van der Waals surface area contributed by atoms with Gasteiger partial charge in [0.15, 0.2) is 6.10 Å². The van der Waals surface area contributed by atoms with Crippen molar-refractivity contribution in [3.63, 3.8) is 0 Å². The average Bonchev–Trinajstić information content (AvgIpc) is 2.69. The fraction of sp³-hybridized carbons (Fsp3) is 0.455. The van der Waals surface area contributed by atoms with Gasteiger partial charge in [0.1, 0.15) is 5.76 Å². The van der Waals surface area contributed by atoms with Gasteiger partial charge in [0.25, 0.3) is 0 Å². The molecule has 0 aromatic carbocycles. The maximum atomic E-state index is 11.3. The minimum atomic E-state index is -0.910. The molecule has 0 spiro atoms. The Morgan fingerprint density at radius 3 is 2.81 bits per heavy atom. The van der Waals surface area contributed by atoms with Gasteiger partial charge in [0.2, 0.25) is 0 Å². The van der Waals surface area contributed by atoms with Crippen molar-refractivity contribution in [2.75, 3.05) is 0 Å². The Hall–Kier alpha value is -1.78. The SMILES string of the molecule is CC(OC(=O)CCCC(=O)O)c1ccco1. The summed E-state index contributed by atoms with van der Waals surface area (Å²) in [6.07, 6.45) is 1.44. The van der Waals surface area contributed by atoms with E-state index in [1.54, 1.807) is 19.1 Å². The highest BCUT2D eigenvalue weighted by atomic mass is 16.5. The zero-order valence-corrected chi connectivity index (χ0v) is 9.01. The lowest BCUT2D eigenvalue weighted by atomic mass is 10.2. The first kappa shape index (κ1) is 12.3. The van der Waals surface area contributed by atoms with Crippen molar-refractivity contribution in [2.45, 2.75) is 32.3 Å². The molecular formula is C11H14O5. The van der Waals surface area contributed by atoms with Crippen molar-refractivity contribution in [1.29, 1.82) is 0 Å². The smallest absolute Gasteiger partial charge is 0.306 e. The van der Waals surface area contributed by atoms with Gasteiger partial charge < -0.3 is 14.3 Å². The van der Waals surface area contributed by atoms with Crippen LogP contribution >= 0.6 is 0 Å². The Morgan fingerprint density at radius 1 is 1.50 bits per heavy atom. The minimum Gasteiger partial charge on any atom is -0.481 e. The number of hydrogen-bond acceptors (Lipinski definition) is 4. The largest absolute Gasteiger partial charge is 0.481 e. The van der Waals surface area contributed by atoms with Gasteiger partial charge in [-0.3, -0.25) is 9.59 Å². The van der Waals surface area contributed by atoms with Crippen LogP contribution in [0.1, 0.15) is 38.1 Å². The normalized spacial score (nSPS) is 12.1. The maximum Gasteiger partial charge on any atom is 0.306 e. The number of carbonyl (C=O) groups excluding carboxylic acids is 1. The molecule has 16 heavy (non-hydrogen) atoms. The van der Waals surface area contributed by atoms with Crippen LogP contribution in [0, 0.1) is 0 Å². The van der Waals surface area contributed by atoms with Crippen molar-refractivity contribution in [1.82, 2.24) is 0 Å². The second-order valence-electron chi connectivity index (χ2n) is 3.39. The molecule has 1 aromatic heterocycles. The molecule has 0 radical (unpaired) electrons. The van der Waals surface area contributed by atoms with Crippen molar-refractivity contribution in [3.05, 3.63) is 24.2 Å². The van der Waals surface area contributed by atoms with Gasteiger partial charge in [0.05, 0.1) is 6.26 Å². The first-order chi connectivity index (χ1) is 7.59. The zero-order valence-electron chi connectivity index (χ0n) is 9.01. The van der Waals surface area contributed by atoms with E-state index in [-0.39, 0.29) is 12.8 Å². The number of carbonyl (C=O) groups is 2. The number of carboxylic acid groups (broad SMARTS) is 1. The van der Waals surface area contributed by atoms with Crippen LogP contribution < -0.4 is 0 Å². The predicted molar refractivity (Wildman–Crippen MR) is 54.7 cm³/mol. The molecular weight excluding hydrogens is 212 g/mol. The van der Waals surface area contributed by atoms with E-state index in [1.165, 1.54) is 6.26 Å². The van der Waals surface area contributed by atoms with Gasteiger partial charge in [-0.05, 0) is 25.5 Å². The van der Waals surface area contributed by atoms with E-state index in [9.17, 15) is 9.59 Å². The van der Waals surface area contributed by atoms with Crippen molar-refractivity contribution in [2.24, 2.45) is 0 Å². The van der Waals surface area contributed by atoms with E-state index >= 15 is 0 Å². The Labute approximate surface area is 93.0 Å². The second-order valence-corrected chi connectivity index (χ2v) is 3.39. The van der Waals surface area contributed by atoms with E-state index in [4.69, 9.17) is 14.3 Å². The molecule has 5 heteroatoms. The number of aliphatic carboxylic acids is 1. The van der Waals surface area contributed by atoms with Crippen LogP contribution in [-0.2, 0) is 14.3 Å². The van der Waals surface area contributed by atoms with E-state index in [0.29, 0.717) is 12.2 Å². The molecule has 0 saturated carbocycles. The summed E-state index contributed by atoms with van der Waals surface area (Å²) in [6.45, 7) is 1.70. The second kappa shape index (κ2) is 5.95. The first-order valence-electron chi connectivity index (χ1n) is 5.04. The van der Waals surface area contributed by atoms with E-state index in [1.807, 2.05) is 0 Å². The molecule has 1 N–H and O–H groups in total. The molecule has 1 heterocycles. The molecule has 88 valence electrons. The first-order valence-corrected chi connectivity index (χ1v) is 5.04. The van der Waals surface area contributed by atoms with Crippen LogP contribution in [0.15, 0.2) is 22.8 Å². The lowest BCUT2D eigenvalue weighted by molar-refractivity contribution is -0.149. The molecule has 1 aromatic rings. The van der Waals surface area contributed by atoms with Gasteiger partial charge in [-0.25, -0.2) is 0 Å². The Morgan fingerprint density at radius 2 is 2.25 bits per heavy atom. The summed E-state index contributed by atoms with van der Waals surface area (Å²) in [5, 5.41) is 8.39. The van der Waals surface area contributed by atoms with Crippen molar-refractivity contribution in [3.8, 4) is 0 Å². The summed E-state index contributed by atoms with van der Waals surface area (Å²) in [4.78, 5) is 21.5. The monoisotopic (exact) mass is 226 g/mol. The number of rotatable bonds is 6. The molecule has 1 atom stereocenters. The summed E-state index contributed by atoms with van der Waals surface area (Å²) in [7, 11) is 0. The highest BCUT2D eigenvalue weighted by Gasteiger charge is 2.13. The molecule has 0 bridgehead atoms. The summed E-state index contributed by atoms with van der Waals surface area (Å²) >= 11 is 0. The number of hydrogen-bond donors (Lipinski definition) is 1. The number of ether oxygens (including phenoxy) is 1. The third kappa shape index (κ3) is 4.16. The summed E-state index contributed by atoms with van der Waals surface area (Å²) in [5.41, 5.74) is 0. The van der Waals surface area contributed by atoms with Crippen LogP contribution in [0.2, 0.25) is 0 Å². The molecule has 0 aliphatic heterocycles. The number of esters is 1. The van der Waals surface area contributed by atoms with Gasteiger partial charge in [-0.1, -0.05) is 0 Å². The lowest BCUT2D eigenvalue weighted by Crippen LogP contribution is -2.08. The van der Waals surface area contributed by atoms with Gasteiger partial charge in [-0.15, -0.1) is 0 Å². The van der Waals surface area contributed by atoms with Crippen molar-refractivity contribution < 1.29 is 23.8 Å². The molecule has 0 aliphatic carbocycles. The Bertz CT molecular complexity index is 341. The Kier molecular flexibility index (Phi) is 4.57. The molecule has 0 aliphatic rings. The summed E-state index contributed by atoms with van der Waals surface area (Å²) < 4.78 is 10.1. The fourth-order valence-corrected chi connectivity index (χ4v) is 1.22. The van der Waals surface area contributed by atoms with E-state index in [0.717, 1.165) is 0 Å². The number of furan rings is 1. The topological polar surface area (TPSA) is 76.7 Å². The standard InChI is InChI=1S/C11H14O5/c1-8(9-4-3-7-15-9)16-11(14)6-2-5-10(12)13/h3-4,7-8H,2,5-6H2,1H3,(H,12,13). The quantitative estimate of drug-likeness (QED) is 0.752. The number of carboxylic acids is 1. The third-order valence-corrected chi connectivity index (χ3v) is 2.02. The van der Waals surface area contributed by atoms with Gasteiger partial charge in [0, 0.05) is 12.8 Å². The Balaban J connectivity index is 2.26. The highest BCUT2D eigenvalue weighted by Crippen LogP contribution is 2.17. The minimum absolute atomic E-state index is 0.0236. The van der Waals surface area contributed by atoms with E-state index in [2.05, 4.69) is 0 Å². The molecule has 0 fully saturated rings. The highest BCUT2D eigenvalue weighted by molar-refractivity contribution is 5.71. The molecule has 1 unspecified atom stereocenters. The van der Waals surface area contributed by atoms with Gasteiger partial charge >= 0.3 is 11.9 Å². The fourth-order valence-electron chi connectivity index (χ4n) is 1.22. The van der Waals surface area contributed by atoms with Crippen LogP contribution in [-0.4, -0.2) is 17.0 Å². The summed E-state index contributed by atoms with van der Waals surface area (Å²) in [6, 6.07) is 3.43. The van der Waals surface area contributed by atoms with Crippen LogP contribution in [0.25, 0.3) is 0 Å². The van der Waals surface area contributed by atoms with Crippen molar-refractivity contribution >= 4 is 11.9 Å². The third-order valence-electron chi connectivity index (χ3n) is 2.02. The molecule has 0 amide bonds. The van der Waals surface area contributed by atoms with Crippen LogP contribution in [0.4, 0.5) is 0 Å². The van der Waals surface area contributed by atoms with Crippen LogP contribution in [0.3, 0.4) is 0 Å². The lowest BCUT2D eigenvalue weighted by Gasteiger charge is -2.10. The van der Waals surface area contributed by atoms with Crippen LogP contribution in [0.5, 0.6) is 0 Å². The van der Waals surface area contributed by atoms with Gasteiger partial charge in [-0.2, -0.15) is 0 Å². The zero-order chi connectivity index (χ0) is 12.0. The maximum absolute atomic E-state index is 11.3. The predicted octanol–water partition coefficient (Wildman–Crippen LogP) is 2.14. The molecule has 5 nitrogen and oxygen atoms in total. The molecule has 0 saturated heterocycles. The average molecular weight is 226 g/mol.